The maximum atomic E-state index is 11.5. The third-order valence-corrected chi connectivity index (χ3v) is 2.15. The van der Waals surface area contributed by atoms with Crippen molar-refractivity contribution in [1.29, 1.82) is 0 Å². The number of carbonyl (C=O) groups is 1. The summed E-state index contributed by atoms with van der Waals surface area (Å²) in [5.41, 5.74) is 6.39. The number of aromatic nitrogens is 1. The van der Waals surface area contributed by atoms with E-state index in [0.29, 0.717) is 32.0 Å². The van der Waals surface area contributed by atoms with Crippen LogP contribution < -0.4 is 11.1 Å². The van der Waals surface area contributed by atoms with E-state index < -0.39 is 0 Å². The summed E-state index contributed by atoms with van der Waals surface area (Å²) in [6.07, 6.45) is 2.97. The second-order valence-corrected chi connectivity index (χ2v) is 3.67. The number of pyridine rings is 1. The maximum Gasteiger partial charge on any atom is 0.227 e. The highest BCUT2D eigenvalue weighted by Crippen LogP contribution is 2.04. The van der Waals surface area contributed by atoms with Gasteiger partial charge in [0.1, 0.15) is 5.82 Å². The average Bonchev–Trinajstić information content (AvgIpc) is 2.36. The smallest absolute Gasteiger partial charge is 0.227 e. The fraction of sp³-hybridized carbons (Fsp3) is 0.500. The zero-order chi connectivity index (χ0) is 12.5. The van der Waals surface area contributed by atoms with Crippen molar-refractivity contribution >= 4 is 11.7 Å². The van der Waals surface area contributed by atoms with Crippen molar-refractivity contribution in [2.24, 2.45) is 5.73 Å². The normalized spacial score (nSPS) is 10.2. The summed E-state index contributed by atoms with van der Waals surface area (Å²) >= 11 is 0. The summed E-state index contributed by atoms with van der Waals surface area (Å²) in [7, 11) is 0. The van der Waals surface area contributed by atoms with Gasteiger partial charge >= 0.3 is 0 Å². The van der Waals surface area contributed by atoms with Crippen molar-refractivity contribution in [3.8, 4) is 0 Å². The van der Waals surface area contributed by atoms with E-state index in [1.165, 1.54) is 0 Å². The van der Waals surface area contributed by atoms with E-state index in [9.17, 15) is 4.79 Å². The van der Waals surface area contributed by atoms with Gasteiger partial charge in [0.2, 0.25) is 5.91 Å². The summed E-state index contributed by atoms with van der Waals surface area (Å²) in [6.45, 7) is 3.62. The van der Waals surface area contributed by atoms with Crippen LogP contribution in [0.3, 0.4) is 0 Å². The Kier molecular flexibility index (Phi) is 6.21. The molecule has 0 saturated carbocycles. The second-order valence-electron chi connectivity index (χ2n) is 3.67. The first-order chi connectivity index (χ1) is 8.26. The van der Waals surface area contributed by atoms with Crippen LogP contribution >= 0.6 is 0 Å². The molecule has 0 radical (unpaired) electrons. The van der Waals surface area contributed by atoms with Crippen LogP contribution in [-0.2, 0) is 16.1 Å². The number of amides is 1. The number of ether oxygens (including phenoxy) is 1. The standard InChI is InChI=1S/C12H19N3O2/c1-2-6-17-7-5-12(16)15-11-4-3-10(8-13)9-14-11/h3-4,9H,2,5-8,13H2,1H3,(H,14,15,16). The number of hydrogen-bond donors (Lipinski definition) is 2. The Morgan fingerprint density at radius 1 is 1.47 bits per heavy atom. The van der Waals surface area contributed by atoms with Gasteiger partial charge in [0.05, 0.1) is 13.0 Å². The van der Waals surface area contributed by atoms with Crippen LogP contribution in [0, 0.1) is 0 Å². The molecule has 0 saturated heterocycles. The molecule has 17 heavy (non-hydrogen) atoms. The highest BCUT2D eigenvalue weighted by Gasteiger charge is 2.02. The molecule has 0 fully saturated rings. The first kappa shape index (κ1) is 13.6. The number of nitrogens with two attached hydrogens (primary N) is 1. The molecule has 3 N–H and O–H groups in total. The Balaban J connectivity index is 2.29. The minimum atomic E-state index is -0.0888. The minimum absolute atomic E-state index is 0.0888. The molecular formula is C12H19N3O2. The lowest BCUT2D eigenvalue weighted by molar-refractivity contribution is -0.117. The molecule has 0 aliphatic rings. The van der Waals surface area contributed by atoms with Gasteiger partial charge in [-0.25, -0.2) is 4.98 Å². The molecule has 94 valence electrons. The van der Waals surface area contributed by atoms with Gasteiger partial charge in [-0.15, -0.1) is 0 Å². The maximum absolute atomic E-state index is 11.5. The van der Waals surface area contributed by atoms with Gasteiger partial charge in [-0.3, -0.25) is 4.79 Å². The Morgan fingerprint density at radius 3 is 2.88 bits per heavy atom. The van der Waals surface area contributed by atoms with Gasteiger partial charge < -0.3 is 15.8 Å². The number of nitrogens with zero attached hydrogens (tertiary/aromatic N) is 1. The van der Waals surface area contributed by atoms with Gasteiger partial charge in [-0.2, -0.15) is 0 Å². The highest BCUT2D eigenvalue weighted by atomic mass is 16.5. The molecule has 1 amide bonds. The van der Waals surface area contributed by atoms with Crippen LogP contribution in [0.15, 0.2) is 18.3 Å². The summed E-state index contributed by atoms with van der Waals surface area (Å²) in [5, 5.41) is 2.70. The molecule has 1 aromatic heterocycles. The van der Waals surface area contributed by atoms with Crippen molar-refractivity contribution < 1.29 is 9.53 Å². The molecular weight excluding hydrogens is 218 g/mol. The molecule has 1 rings (SSSR count). The van der Waals surface area contributed by atoms with Crippen LogP contribution in [0.25, 0.3) is 0 Å². The fourth-order valence-electron chi connectivity index (χ4n) is 1.24. The number of hydrogen-bond acceptors (Lipinski definition) is 4. The number of rotatable bonds is 7. The minimum Gasteiger partial charge on any atom is -0.381 e. The van der Waals surface area contributed by atoms with Gasteiger partial charge in [0, 0.05) is 19.3 Å². The van der Waals surface area contributed by atoms with Crippen molar-refractivity contribution in [3.63, 3.8) is 0 Å². The molecule has 1 heterocycles. The summed E-state index contributed by atoms with van der Waals surface area (Å²) in [4.78, 5) is 15.6. The number of anilines is 1. The molecule has 0 aliphatic heterocycles. The predicted octanol–water partition coefficient (Wildman–Crippen LogP) is 1.30. The van der Waals surface area contributed by atoms with Crippen LogP contribution in [0.2, 0.25) is 0 Å². The lowest BCUT2D eigenvalue weighted by atomic mass is 10.3. The number of carbonyl (C=O) groups excluding carboxylic acids is 1. The summed E-state index contributed by atoms with van der Waals surface area (Å²) in [6, 6.07) is 3.59. The molecule has 5 nitrogen and oxygen atoms in total. The lowest BCUT2D eigenvalue weighted by Gasteiger charge is -2.05. The fourth-order valence-corrected chi connectivity index (χ4v) is 1.24. The number of nitrogens with one attached hydrogen (secondary N) is 1. The topological polar surface area (TPSA) is 77.2 Å². The van der Waals surface area contributed by atoms with E-state index >= 15 is 0 Å². The quantitative estimate of drug-likeness (QED) is 0.701. The Morgan fingerprint density at radius 2 is 2.29 bits per heavy atom. The van der Waals surface area contributed by atoms with Gasteiger partial charge in [-0.1, -0.05) is 13.0 Å². The first-order valence-corrected chi connectivity index (χ1v) is 5.79. The van der Waals surface area contributed by atoms with E-state index in [0.717, 1.165) is 12.0 Å². The molecule has 1 aromatic rings. The van der Waals surface area contributed by atoms with E-state index in [1.807, 2.05) is 13.0 Å². The summed E-state index contributed by atoms with van der Waals surface area (Å²) in [5.74, 6) is 0.455. The van der Waals surface area contributed by atoms with Crippen molar-refractivity contribution in [1.82, 2.24) is 4.98 Å². The van der Waals surface area contributed by atoms with Crippen LogP contribution in [-0.4, -0.2) is 24.1 Å². The molecule has 0 spiro atoms. The molecule has 0 atom stereocenters. The average molecular weight is 237 g/mol. The summed E-state index contributed by atoms with van der Waals surface area (Å²) < 4.78 is 5.23. The van der Waals surface area contributed by atoms with Gasteiger partial charge in [0.25, 0.3) is 0 Å². The monoisotopic (exact) mass is 237 g/mol. The Bertz CT molecular complexity index is 338. The van der Waals surface area contributed by atoms with Gasteiger partial charge in [0.15, 0.2) is 0 Å². The molecule has 0 unspecified atom stereocenters. The third kappa shape index (κ3) is 5.42. The van der Waals surface area contributed by atoms with Crippen LogP contribution in [0.5, 0.6) is 0 Å². The molecule has 5 heteroatoms. The SMILES string of the molecule is CCCOCCC(=O)Nc1ccc(CN)cn1. The van der Waals surface area contributed by atoms with Crippen LogP contribution in [0.1, 0.15) is 25.3 Å². The molecule has 0 aromatic carbocycles. The van der Waals surface area contributed by atoms with E-state index in [1.54, 1.807) is 12.3 Å². The van der Waals surface area contributed by atoms with Crippen molar-refractivity contribution in [2.45, 2.75) is 26.3 Å². The Hall–Kier alpha value is -1.46. The zero-order valence-corrected chi connectivity index (χ0v) is 10.1. The lowest BCUT2D eigenvalue weighted by Crippen LogP contribution is -2.15. The van der Waals surface area contributed by atoms with E-state index in [-0.39, 0.29) is 5.91 Å². The van der Waals surface area contributed by atoms with E-state index in [4.69, 9.17) is 10.5 Å². The molecule has 0 aliphatic carbocycles. The zero-order valence-electron chi connectivity index (χ0n) is 10.1. The van der Waals surface area contributed by atoms with Gasteiger partial charge in [-0.05, 0) is 18.1 Å². The highest BCUT2D eigenvalue weighted by molar-refractivity contribution is 5.89. The van der Waals surface area contributed by atoms with Crippen molar-refractivity contribution in [3.05, 3.63) is 23.9 Å². The first-order valence-electron chi connectivity index (χ1n) is 5.79. The molecule has 0 bridgehead atoms. The van der Waals surface area contributed by atoms with E-state index in [2.05, 4.69) is 10.3 Å². The largest absolute Gasteiger partial charge is 0.381 e. The third-order valence-electron chi connectivity index (χ3n) is 2.15. The van der Waals surface area contributed by atoms with Crippen molar-refractivity contribution in [2.75, 3.05) is 18.5 Å². The Labute approximate surface area is 101 Å². The second kappa shape index (κ2) is 7.76. The van der Waals surface area contributed by atoms with Crippen LogP contribution in [0.4, 0.5) is 5.82 Å². The predicted molar refractivity (Wildman–Crippen MR) is 66.5 cm³/mol.